The van der Waals surface area contributed by atoms with Crippen molar-refractivity contribution in [2.24, 2.45) is 17.8 Å². The molecule has 0 N–H and O–H groups in total. The first-order chi connectivity index (χ1) is 23.6. The van der Waals surface area contributed by atoms with E-state index in [1.165, 1.54) is 103 Å². The number of carbonyl (C=O) groups is 3. The van der Waals surface area contributed by atoms with Crippen LogP contribution in [0.3, 0.4) is 0 Å². The molecule has 0 aliphatic heterocycles. The van der Waals surface area contributed by atoms with Gasteiger partial charge in [-0.3, -0.25) is 14.4 Å². The van der Waals surface area contributed by atoms with E-state index >= 15 is 0 Å². The summed E-state index contributed by atoms with van der Waals surface area (Å²) in [6.45, 7) is 13.5. The molecule has 0 aromatic carbocycles. The zero-order valence-corrected chi connectivity index (χ0v) is 33.5. The Labute approximate surface area is 304 Å². The maximum atomic E-state index is 12.7. The van der Waals surface area contributed by atoms with E-state index < -0.39 is 6.10 Å². The summed E-state index contributed by atoms with van der Waals surface area (Å²) in [5, 5.41) is 0. The Kier molecular flexibility index (Phi) is 33.7. The van der Waals surface area contributed by atoms with Crippen LogP contribution in [-0.4, -0.2) is 37.2 Å². The molecule has 0 aliphatic carbocycles. The van der Waals surface area contributed by atoms with Gasteiger partial charge in [0, 0.05) is 19.3 Å². The highest BCUT2D eigenvalue weighted by molar-refractivity contribution is 5.71. The summed E-state index contributed by atoms with van der Waals surface area (Å²) in [5.74, 6) is 1.52. The van der Waals surface area contributed by atoms with E-state index in [9.17, 15) is 14.4 Å². The fourth-order valence-electron chi connectivity index (χ4n) is 6.14. The topological polar surface area (TPSA) is 78.9 Å². The van der Waals surface area contributed by atoms with E-state index in [0.717, 1.165) is 75.5 Å². The minimum Gasteiger partial charge on any atom is -0.462 e. The standard InChI is InChI=1S/C43H82O6/c1-7-39(6)31-25-19-12-8-9-13-22-28-34-43(46)49-40(36-48-42(45)33-27-21-16-15-18-24-30-38(4)5)35-47-41(44)32-26-20-14-10-11-17-23-29-37(2)3/h37-40H,7-36H2,1-6H3/t39?,40-/m0/s1. The number of hydrogen-bond donors (Lipinski definition) is 0. The Balaban J connectivity index is 4.37. The van der Waals surface area contributed by atoms with Crippen molar-refractivity contribution in [3.05, 3.63) is 0 Å². The van der Waals surface area contributed by atoms with Gasteiger partial charge in [-0.15, -0.1) is 0 Å². The molecule has 0 heterocycles. The van der Waals surface area contributed by atoms with Crippen LogP contribution in [0.5, 0.6) is 0 Å². The quantitative estimate of drug-likeness (QED) is 0.0369. The predicted octanol–water partition coefficient (Wildman–Crippen LogP) is 12.9. The minimum atomic E-state index is -0.761. The van der Waals surface area contributed by atoms with Crippen LogP contribution in [-0.2, 0) is 28.6 Å². The number of carbonyl (C=O) groups excluding carboxylic acids is 3. The molecule has 0 rings (SSSR count). The number of ether oxygens (including phenoxy) is 3. The molecule has 49 heavy (non-hydrogen) atoms. The molecule has 0 fully saturated rings. The number of unbranched alkanes of at least 4 members (excludes halogenated alkanes) is 18. The summed E-state index contributed by atoms with van der Waals surface area (Å²) in [6, 6.07) is 0. The molecule has 0 aromatic rings. The molecule has 0 bridgehead atoms. The van der Waals surface area contributed by atoms with Gasteiger partial charge in [-0.05, 0) is 37.0 Å². The van der Waals surface area contributed by atoms with Crippen molar-refractivity contribution < 1.29 is 28.6 Å². The lowest BCUT2D eigenvalue weighted by Crippen LogP contribution is -2.30. The highest BCUT2D eigenvalue weighted by Gasteiger charge is 2.19. The van der Waals surface area contributed by atoms with Gasteiger partial charge < -0.3 is 14.2 Å². The van der Waals surface area contributed by atoms with Crippen molar-refractivity contribution in [2.45, 2.75) is 227 Å². The normalized spacial score (nSPS) is 12.7. The molecule has 6 heteroatoms. The molecular weight excluding hydrogens is 612 g/mol. The smallest absolute Gasteiger partial charge is 0.306 e. The van der Waals surface area contributed by atoms with E-state index in [0.29, 0.717) is 19.3 Å². The van der Waals surface area contributed by atoms with E-state index in [2.05, 4.69) is 41.5 Å². The summed E-state index contributed by atoms with van der Waals surface area (Å²) >= 11 is 0. The second-order valence-electron chi connectivity index (χ2n) is 15.8. The van der Waals surface area contributed by atoms with Crippen LogP contribution in [0.25, 0.3) is 0 Å². The third-order valence-electron chi connectivity index (χ3n) is 9.76. The summed E-state index contributed by atoms with van der Waals surface area (Å²) in [4.78, 5) is 37.5. The van der Waals surface area contributed by atoms with Crippen LogP contribution in [0.15, 0.2) is 0 Å². The van der Waals surface area contributed by atoms with E-state index in [4.69, 9.17) is 14.2 Å². The van der Waals surface area contributed by atoms with Crippen LogP contribution in [0.2, 0.25) is 0 Å². The lowest BCUT2D eigenvalue weighted by molar-refractivity contribution is -0.167. The fraction of sp³-hybridized carbons (Fsp3) is 0.930. The van der Waals surface area contributed by atoms with E-state index in [-0.39, 0.29) is 31.1 Å². The Morgan fingerprint density at radius 2 is 0.714 bits per heavy atom. The first-order valence-corrected chi connectivity index (χ1v) is 21.1. The summed E-state index contributed by atoms with van der Waals surface area (Å²) in [6.07, 6.45) is 29.6. The molecule has 0 saturated carbocycles. The molecule has 0 spiro atoms. The van der Waals surface area contributed by atoms with Crippen LogP contribution in [0.1, 0.15) is 221 Å². The average Bonchev–Trinajstić information content (AvgIpc) is 3.06. The molecule has 0 amide bonds. The molecule has 1 unspecified atom stereocenters. The number of esters is 3. The van der Waals surface area contributed by atoms with Gasteiger partial charge in [0.1, 0.15) is 13.2 Å². The van der Waals surface area contributed by atoms with Crippen molar-refractivity contribution in [1.82, 2.24) is 0 Å². The van der Waals surface area contributed by atoms with Crippen molar-refractivity contribution in [3.63, 3.8) is 0 Å². The molecular formula is C43H82O6. The van der Waals surface area contributed by atoms with Crippen LogP contribution < -0.4 is 0 Å². The Morgan fingerprint density at radius 3 is 1.06 bits per heavy atom. The van der Waals surface area contributed by atoms with Gasteiger partial charge in [-0.25, -0.2) is 0 Å². The Hall–Kier alpha value is -1.59. The monoisotopic (exact) mass is 695 g/mol. The largest absolute Gasteiger partial charge is 0.462 e. The second kappa shape index (κ2) is 34.8. The predicted molar refractivity (Wildman–Crippen MR) is 206 cm³/mol. The van der Waals surface area contributed by atoms with Crippen LogP contribution in [0, 0.1) is 17.8 Å². The van der Waals surface area contributed by atoms with Gasteiger partial charge in [0.2, 0.25) is 0 Å². The molecule has 0 saturated heterocycles. The minimum absolute atomic E-state index is 0.0683. The first kappa shape index (κ1) is 47.4. The molecule has 0 aliphatic rings. The van der Waals surface area contributed by atoms with Crippen molar-refractivity contribution in [2.75, 3.05) is 13.2 Å². The number of hydrogen-bond acceptors (Lipinski definition) is 6. The van der Waals surface area contributed by atoms with E-state index in [1.54, 1.807) is 0 Å². The van der Waals surface area contributed by atoms with Gasteiger partial charge >= 0.3 is 17.9 Å². The summed E-state index contributed by atoms with van der Waals surface area (Å²) in [7, 11) is 0. The lowest BCUT2D eigenvalue weighted by Gasteiger charge is -2.18. The van der Waals surface area contributed by atoms with Crippen LogP contribution >= 0.6 is 0 Å². The maximum Gasteiger partial charge on any atom is 0.306 e. The summed E-state index contributed by atoms with van der Waals surface area (Å²) in [5.41, 5.74) is 0. The second-order valence-corrected chi connectivity index (χ2v) is 15.8. The van der Waals surface area contributed by atoms with Crippen molar-refractivity contribution in [1.29, 1.82) is 0 Å². The average molecular weight is 695 g/mol. The van der Waals surface area contributed by atoms with Gasteiger partial charge in [0.15, 0.2) is 6.10 Å². The third-order valence-corrected chi connectivity index (χ3v) is 9.76. The van der Waals surface area contributed by atoms with Crippen LogP contribution in [0.4, 0.5) is 0 Å². The van der Waals surface area contributed by atoms with Gasteiger partial charge in [-0.2, -0.15) is 0 Å². The molecule has 0 radical (unpaired) electrons. The summed E-state index contributed by atoms with van der Waals surface area (Å²) < 4.78 is 16.6. The van der Waals surface area contributed by atoms with Crippen molar-refractivity contribution in [3.8, 4) is 0 Å². The highest BCUT2D eigenvalue weighted by atomic mass is 16.6. The SMILES string of the molecule is CCC(C)CCCCCCCCCCC(=O)O[C@@H](COC(=O)CCCCCCCCCC(C)C)COC(=O)CCCCCCCCC(C)C. The highest BCUT2D eigenvalue weighted by Crippen LogP contribution is 2.17. The van der Waals surface area contributed by atoms with Crippen molar-refractivity contribution >= 4 is 17.9 Å². The number of rotatable bonds is 36. The van der Waals surface area contributed by atoms with Gasteiger partial charge in [-0.1, -0.05) is 183 Å². The Morgan fingerprint density at radius 1 is 0.408 bits per heavy atom. The first-order valence-electron chi connectivity index (χ1n) is 21.1. The zero-order chi connectivity index (χ0) is 36.4. The molecule has 6 nitrogen and oxygen atoms in total. The molecule has 2 atom stereocenters. The lowest BCUT2D eigenvalue weighted by atomic mass is 9.99. The molecule has 290 valence electrons. The maximum absolute atomic E-state index is 12.7. The Bertz CT molecular complexity index is 763. The van der Waals surface area contributed by atoms with Gasteiger partial charge in [0.25, 0.3) is 0 Å². The molecule has 0 aromatic heterocycles. The van der Waals surface area contributed by atoms with E-state index in [1.807, 2.05) is 0 Å². The fourth-order valence-corrected chi connectivity index (χ4v) is 6.14. The zero-order valence-electron chi connectivity index (χ0n) is 33.5. The van der Waals surface area contributed by atoms with Gasteiger partial charge in [0.05, 0.1) is 0 Å². The third kappa shape index (κ3) is 36.0.